The van der Waals surface area contributed by atoms with Crippen LogP contribution in [0.4, 0.5) is 0 Å². The third kappa shape index (κ3) is 4.76. The molecular weight excluding hydrogens is 412 g/mol. The molecule has 0 bridgehead atoms. The number of fused-ring (bicyclic) bond motifs is 1. The Labute approximate surface area is 192 Å². The monoisotopic (exact) mass is 436 g/mol. The largest absolute Gasteiger partial charge is 0.507 e. The van der Waals surface area contributed by atoms with Crippen LogP contribution in [-0.2, 0) is 19.6 Å². The van der Waals surface area contributed by atoms with Crippen molar-refractivity contribution in [3.05, 3.63) is 108 Å². The van der Waals surface area contributed by atoms with Gasteiger partial charge in [-0.1, -0.05) is 30.3 Å². The zero-order chi connectivity index (χ0) is 22.6. The van der Waals surface area contributed by atoms with Crippen LogP contribution in [0.1, 0.15) is 22.5 Å². The molecule has 33 heavy (non-hydrogen) atoms. The summed E-state index contributed by atoms with van der Waals surface area (Å²) < 4.78 is 5.94. The maximum atomic E-state index is 11.2. The van der Waals surface area contributed by atoms with Crippen LogP contribution in [0.15, 0.2) is 89.6 Å². The highest BCUT2D eigenvalue weighted by molar-refractivity contribution is 5.78. The second-order valence-electron chi connectivity index (χ2n) is 8.09. The van der Waals surface area contributed by atoms with Gasteiger partial charge in [0, 0.05) is 37.6 Å². The summed E-state index contributed by atoms with van der Waals surface area (Å²) in [4.78, 5) is 15.8. The molecule has 0 aliphatic carbocycles. The van der Waals surface area contributed by atoms with Crippen LogP contribution in [0.3, 0.4) is 0 Å². The van der Waals surface area contributed by atoms with Crippen LogP contribution in [0.25, 0.3) is 22.6 Å². The highest BCUT2D eigenvalue weighted by atomic mass is 16.3. The number of aromatic nitrogens is 3. The van der Waals surface area contributed by atoms with E-state index in [1.54, 1.807) is 12.4 Å². The zero-order valence-electron chi connectivity index (χ0n) is 18.3. The Morgan fingerprint density at radius 2 is 1.48 bits per heavy atom. The van der Waals surface area contributed by atoms with Crippen LogP contribution in [0, 0.1) is 6.92 Å². The number of pyridine rings is 2. The minimum atomic E-state index is 0.180. The lowest BCUT2D eigenvalue weighted by Crippen LogP contribution is -2.23. The van der Waals surface area contributed by atoms with Gasteiger partial charge in [-0.25, -0.2) is 4.98 Å². The molecule has 1 N–H and O–H groups in total. The molecule has 0 fully saturated rings. The van der Waals surface area contributed by atoms with Gasteiger partial charge in [0.15, 0.2) is 5.58 Å². The number of para-hydroxylation sites is 2. The number of aryl methyl sites for hydroxylation is 1. The molecule has 0 spiro atoms. The van der Waals surface area contributed by atoms with Gasteiger partial charge in [0.1, 0.15) is 11.3 Å². The number of oxazole rings is 1. The lowest BCUT2D eigenvalue weighted by atomic mass is 10.0. The van der Waals surface area contributed by atoms with E-state index in [-0.39, 0.29) is 5.75 Å². The van der Waals surface area contributed by atoms with E-state index < -0.39 is 0 Å². The molecular formula is C27H24N4O2. The highest BCUT2D eigenvalue weighted by Crippen LogP contribution is 2.35. The van der Waals surface area contributed by atoms with Crippen molar-refractivity contribution in [1.82, 2.24) is 19.9 Å². The van der Waals surface area contributed by atoms with E-state index in [4.69, 9.17) is 4.42 Å². The van der Waals surface area contributed by atoms with Crippen molar-refractivity contribution >= 4 is 11.1 Å². The minimum absolute atomic E-state index is 0.180. The third-order valence-corrected chi connectivity index (χ3v) is 5.47. The fourth-order valence-corrected chi connectivity index (χ4v) is 3.97. The molecule has 0 atom stereocenters. The summed E-state index contributed by atoms with van der Waals surface area (Å²) in [6.45, 7) is 3.79. The number of phenols is 1. The van der Waals surface area contributed by atoms with Crippen LogP contribution >= 0.6 is 0 Å². The number of phenolic OH excluding ortho intramolecular Hbond substituents is 1. The summed E-state index contributed by atoms with van der Waals surface area (Å²) in [6, 6.07) is 23.3. The standard InChI is InChI=1S/C27H24N4O2/c1-19-14-20(26(32)23(15-19)27-30-24-10-2-3-11-25(24)33-27)16-31(17-21-8-4-6-12-28-21)18-22-9-5-7-13-29-22/h2-15,32H,16-18H2,1H3. The molecule has 164 valence electrons. The van der Waals surface area contributed by atoms with Crippen molar-refractivity contribution < 1.29 is 9.52 Å². The number of nitrogens with zero attached hydrogens (tertiary/aromatic N) is 4. The first-order chi connectivity index (χ1) is 16.2. The fraction of sp³-hybridized carbons (Fsp3) is 0.148. The van der Waals surface area contributed by atoms with Crippen molar-refractivity contribution in [2.75, 3.05) is 0 Å². The van der Waals surface area contributed by atoms with Gasteiger partial charge in [0.2, 0.25) is 5.89 Å². The Morgan fingerprint density at radius 3 is 2.12 bits per heavy atom. The maximum absolute atomic E-state index is 11.2. The van der Waals surface area contributed by atoms with Crippen molar-refractivity contribution in [3.8, 4) is 17.2 Å². The van der Waals surface area contributed by atoms with Crippen molar-refractivity contribution in [2.45, 2.75) is 26.6 Å². The van der Waals surface area contributed by atoms with Gasteiger partial charge >= 0.3 is 0 Å². The first-order valence-electron chi connectivity index (χ1n) is 10.9. The second kappa shape index (κ2) is 9.22. The van der Waals surface area contributed by atoms with Crippen molar-refractivity contribution in [3.63, 3.8) is 0 Å². The second-order valence-corrected chi connectivity index (χ2v) is 8.09. The molecule has 3 aromatic heterocycles. The third-order valence-electron chi connectivity index (χ3n) is 5.47. The molecule has 0 amide bonds. The van der Waals surface area contributed by atoms with Crippen LogP contribution < -0.4 is 0 Å². The van der Waals surface area contributed by atoms with Crippen LogP contribution in [-0.4, -0.2) is 25.0 Å². The molecule has 0 saturated heterocycles. The van der Waals surface area contributed by atoms with Gasteiger partial charge in [-0.15, -0.1) is 0 Å². The van der Waals surface area contributed by atoms with Gasteiger partial charge < -0.3 is 9.52 Å². The van der Waals surface area contributed by atoms with Gasteiger partial charge in [-0.2, -0.15) is 0 Å². The number of hydrogen-bond acceptors (Lipinski definition) is 6. The molecule has 3 heterocycles. The average Bonchev–Trinajstić information content (AvgIpc) is 3.26. The summed E-state index contributed by atoms with van der Waals surface area (Å²) in [5, 5.41) is 11.2. The minimum Gasteiger partial charge on any atom is -0.507 e. The smallest absolute Gasteiger partial charge is 0.231 e. The van der Waals surface area contributed by atoms with E-state index in [0.717, 1.165) is 28.0 Å². The average molecular weight is 437 g/mol. The van der Waals surface area contributed by atoms with E-state index in [1.165, 1.54) is 0 Å². The number of benzene rings is 2. The molecule has 6 nitrogen and oxygen atoms in total. The predicted octanol–water partition coefficient (Wildman–Crippen LogP) is 5.50. The summed E-state index contributed by atoms with van der Waals surface area (Å²) in [5.41, 5.74) is 5.80. The first-order valence-corrected chi connectivity index (χ1v) is 10.9. The molecule has 0 unspecified atom stereocenters. The highest BCUT2D eigenvalue weighted by Gasteiger charge is 2.19. The maximum Gasteiger partial charge on any atom is 0.231 e. The Hall–Kier alpha value is -4.03. The van der Waals surface area contributed by atoms with Crippen LogP contribution in [0.5, 0.6) is 5.75 Å². The Morgan fingerprint density at radius 1 is 0.818 bits per heavy atom. The van der Waals surface area contributed by atoms with E-state index in [2.05, 4.69) is 19.9 Å². The first kappa shape index (κ1) is 20.8. The SMILES string of the molecule is Cc1cc(CN(Cc2ccccn2)Cc2ccccn2)c(O)c(-c2nc3ccccc3o2)c1. The summed E-state index contributed by atoms with van der Waals surface area (Å²) in [6.07, 6.45) is 3.59. The summed E-state index contributed by atoms with van der Waals surface area (Å²) in [5.74, 6) is 0.596. The van der Waals surface area contributed by atoms with E-state index in [9.17, 15) is 5.11 Å². The number of aromatic hydroxyl groups is 1. The predicted molar refractivity (Wildman–Crippen MR) is 127 cm³/mol. The van der Waals surface area contributed by atoms with E-state index in [1.807, 2.05) is 79.7 Å². The van der Waals surface area contributed by atoms with E-state index in [0.29, 0.717) is 36.7 Å². The molecule has 0 radical (unpaired) electrons. The molecule has 0 aliphatic rings. The molecule has 0 aliphatic heterocycles. The molecule has 0 saturated carbocycles. The molecule has 2 aromatic carbocycles. The van der Waals surface area contributed by atoms with Crippen molar-refractivity contribution in [2.24, 2.45) is 0 Å². The summed E-state index contributed by atoms with van der Waals surface area (Å²) >= 11 is 0. The number of rotatable bonds is 7. The molecule has 6 heteroatoms. The van der Waals surface area contributed by atoms with Gasteiger partial charge in [0.05, 0.1) is 17.0 Å². The molecule has 5 rings (SSSR count). The lowest BCUT2D eigenvalue weighted by Gasteiger charge is -2.23. The van der Waals surface area contributed by atoms with Gasteiger partial charge in [0.25, 0.3) is 0 Å². The van der Waals surface area contributed by atoms with E-state index >= 15 is 0 Å². The Kier molecular flexibility index (Phi) is 5.83. The molecule has 5 aromatic rings. The normalized spacial score (nSPS) is 11.3. The lowest BCUT2D eigenvalue weighted by molar-refractivity contribution is 0.238. The zero-order valence-corrected chi connectivity index (χ0v) is 18.3. The topological polar surface area (TPSA) is 75.3 Å². The van der Waals surface area contributed by atoms with Crippen molar-refractivity contribution in [1.29, 1.82) is 0 Å². The Balaban J connectivity index is 1.49. The van der Waals surface area contributed by atoms with Gasteiger partial charge in [-0.3, -0.25) is 14.9 Å². The fourth-order valence-electron chi connectivity index (χ4n) is 3.97. The quantitative estimate of drug-likeness (QED) is 0.363. The van der Waals surface area contributed by atoms with Gasteiger partial charge in [-0.05, 0) is 55.0 Å². The van der Waals surface area contributed by atoms with Crippen LogP contribution in [0.2, 0.25) is 0 Å². The number of hydrogen-bond donors (Lipinski definition) is 1. The Bertz CT molecular complexity index is 1290. The summed E-state index contributed by atoms with van der Waals surface area (Å²) in [7, 11) is 0.